The van der Waals surface area contributed by atoms with Crippen molar-refractivity contribution in [2.45, 2.75) is 46.0 Å². The number of halogens is 1. The van der Waals surface area contributed by atoms with Crippen LogP contribution in [0.4, 0.5) is 4.79 Å². The number of rotatable bonds is 6. The summed E-state index contributed by atoms with van der Waals surface area (Å²) in [5, 5.41) is 6.90. The van der Waals surface area contributed by atoms with Gasteiger partial charge in [0, 0.05) is 24.7 Å². The zero-order valence-corrected chi connectivity index (χ0v) is 15.7. The number of benzene rings is 2. The van der Waals surface area contributed by atoms with E-state index in [2.05, 4.69) is 22.8 Å². The Morgan fingerprint density at radius 1 is 0.960 bits per heavy atom. The average Bonchev–Trinajstić information content (AvgIpc) is 2.53. The summed E-state index contributed by atoms with van der Waals surface area (Å²) < 4.78 is 5.22. The van der Waals surface area contributed by atoms with Gasteiger partial charge >= 0.3 is 6.09 Å². The monoisotopic (exact) mass is 360 g/mol. The molecule has 0 aliphatic carbocycles. The van der Waals surface area contributed by atoms with Crippen molar-refractivity contribution in [3.05, 3.63) is 70.2 Å². The van der Waals surface area contributed by atoms with E-state index in [1.165, 1.54) is 5.56 Å². The van der Waals surface area contributed by atoms with Crippen molar-refractivity contribution in [1.29, 1.82) is 0 Å². The Kier molecular flexibility index (Phi) is 6.85. The first-order chi connectivity index (χ1) is 11.8. The third-order valence-corrected chi connectivity index (χ3v) is 3.64. The van der Waals surface area contributed by atoms with Crippen LogP contribution in [0.15, 0.2) is 48.5 Å². The molecule has 0 saturated carbocycles. The van der Waals surface area contributed by atoms with E-state index in [1.807, 2.05) is 57.2 Å². The highest BCUT2D eigenvalue weighted by atomic mass is 35.5. The molecule has 0 unspecified atom stereocenters. The van der Waals surface area contributed by atoms with E-state index >= 15 is 0 Å². The number of ether oxygens (including phenoxy) is 1. The molecule has 134 valence electrons. The van der Waals surface area contributed by atoms with E-state index in [-0.39, 0.29) is 0 Å². The highest BCUT2D eigenvalue weighted by Crippen LogP contribution is 2.11. The summed E-state index contributed by atoms with van der Waals surface area (Å²) in [4.78, 5) is 11.6. The van der Waals surface area contributed by atoms with Gasteiger partial charge in [0.1, 0.15) is 5.60 Å². The van der Waals surface area contributed by atoms with Crippen molar-refractivity contribution in [2.75, 3.05) is 0 Å². The molecule has 2 aromatic rings. The lowest BCUT2D eigenvalue weighted by atomic mass is 10.1. The van der Waals surface area contributed by atoms with E-state index in [1.54, 1.807) is 0 Å². The minimum Gasteiger partial charge on any atom is -0.444 e. The van der Waals surface area contributed by atoms with Crippen molar-refractivity contribution in [1.82, 2.24) is 10.6 Å². The number of hydrogen-bond acceptors (Lipinski definition) is 3. The smallest absolute Gasteiger partial charge is 0.407 e. The van der Waals surface area contributed by atoms with E-state index in [9.17, 15) is 4.79 Å². The molecule has 5 heteroatoms. The van der Waals surface area contributed by atoms with E-state index < -0.39 is 11.7 Å². The summed E-state index contributed by atoms with van der Waals surface area (Å²) in [6.07, 6.45) is -0.403. The van der Waals surface area contributed by atoms with Crippen LogP contribution in [-0.4, -0.2) is 11.7 Å². The highest BCUT2D eigenvalue weighted by Gasteiger charge is 2.15. The highest BCUT2D eigenvalue weighted by molar-refractivity contribution is 6.30. The van der Waals surface area contributed by atoms with Gasteiger partial charge in [0.05, 0.1) is 0 Å². The number of hydrogen-bond donors (Lipinski definition) is 2. The lowest BCUT2D eigenvalue weighted by Crippen LogP contribution is -2.32. The molecule has 0 heterocycles. The molecule has 0 aliphatic rings. The molecule has 4 nitrogen and oxygen atoms in total. The predicted molar refractivity (Wildman–Crippen MR) is 102 cm³/mol. The Bertz CT molecular complexity index is 694. The Balaban J connectivity index is 1.75. The fourth-order valence-corrected chi connectivity index (χ4v) is 2.47. The zero-order chi connectivity index (χ0) is 18.3. The van der Waals surface area contributed by atoms with Gasteiger partial charge in [0.2, 0.25) is 0 Å². The van der Waals surface area contributed by atoms with Gasteiger partial charge in [0.15, 0.2) is 0 Å². The Labute approximate surface area is 154 Å². The molecule has 1 amide bonds. The minimum atomic E-state index is -0.484. The van der Waals surface area contributed by atoms with Gasteiger partial charge in [-0.1, -0.05) is 48.0 Å². The summed E-state index contributed by atoms with van der Waals surface area (Å²) in [6.45, 7) is 7.52. The van der Waals surface area contributed by atoms with E-state index in [0.717, 1.165) is 29.2 Å². The van der Waals surface area contributed by atoms with Crippen LogP contribution in [0.25, 0.3) is 0 Å². The molecule has 2 aromatic carbocycles. The molecular weight excluding hydrogens is 336 g/mol. The normalized spacial score (nSPS) is 11.2. The van der Waals surface area contributed by atoms with Crippen LogP contribution >= 0.6 is 11.6 Å². The second-order valence-electron chi connectivity index (χ2n) is 6.91. The summed E-state index contributed by atoms with van der Waals surface area (Å²) >= 11 is 5.98. The van der Waals surface area contributed by atoms with Gasteiger partial charge in [-0.15, -0.1) is 0 Å². The van der Waals surface area contributed by atoms with Gasteiger partial charge in [0.25, 0.3) is 0 Å². The molecule has 25 heavy (non-hydrogen) atoms. The third kappa shape index (κ3) is 7.59. The molecule has 0 fully saturated rings. The van der Waals surface area contributed by atoms with Gasteiger partial charge in [-0.3, -0.25) is 0 Å². The number of alkyl carbamates (subject to hydrolysis) is 1. The van der Waals surface area contributed by atoms with Gasteiger partial charge in [-0.25, -0.2) is 4.79 Å². The lowest BCUT2D eigenvalue weighted by molar-refractivity contribution is 0.0523. The third-order valence-electron chi connectivity index (χ3n) is 3.41. The van der Waals surface area contributed by atoms with Crippen LogP contribution in [0.1, 0.15) is 37.5 Å². The average molecular weight is 361 g/mol. The second-order valence-corrected chi connectivity index (χ2v) is 7.34. The van der Waals surface area contributed by atoms with Crippen LogP contribution in [0.5, 0.6) is 0 Å². The fourth-order valence-electron chi connectivity index (χ4n) is 2.26. The maximum absolute atomic E-state index is 11.6. The minimum absolute atomic E-state index is 0.403. The standard InChI is InChI=1S/C20H25ClN2O2/c1-20(2,3)25-19(24)23-14-16-9-7-15(8-10-16)12-22-13-17-5-4-6-18(21)11-17/h4-11,22H,12-14H2,1-3H3,(H,23,24). The molecule has 0 aromatic heterocycles. The van der Waals surface area contributed by atoms with Gasteiger partial charge in [-0.2, -0.15) is 0 Å². The van der Waals surface area contributed by atoms with Crippen LogP contribution in [-0.2, 0) is 24.4 Å². The Hall–Kier alpha value is -2.04. The second kappa shape index (κ2) is 8.88. The van der Waals surface area contributed by atoms with Crippen LogP contribution in [0.3, 0.4) is 0 Å². The van der Waals surface area contributed by atoms with Crippen molar-refractivity contribution in [3.63, 3.8) is 0 Å². The van der Waals surface area contributed by atoms with Crippen LogP contribution in [0.2, 0.25) is 5.02 Å². The topological polar surface area (TPSA) is 50.4 Å². The van der Waals surface area contributed by atoms with E-state index in [4.69, 9.17) is 16.3 Å². The molecular formula is C20H25ClN2O2. The SMILES string of the molecule is CC(C)(C)OC(=O)NCc1ccc(CNCc2cccc(Cl)c2)cc1. The Morgan fingerprint density at radius 2 is 1.56 bits per heavy atom. The largest absolute Gasteiger partial charge is 0.444 e. The number of carbonyl (C=O) groups is 1. The van der Waals surface area contributed by atoms with Gasteiger partial charge in [-0.05, 0) is 49.6 Å². The van der Waals surface area contributed by atoms with Gasteiger partial charge < -0.3 is 15.4 Å². The molecule has 0 aliphatic heterocycles. The summed E-state index contributed by atoms with van der Waals surface area (Å²) in [6, 6.07) is 15.9. The summed E-state index contributed by atoms with van der Waals surface area (Å²) in [5.41, 5.74) is 2.89. The quantitative estimate of drug-likeness (QED) is 0.788. The fraction of sp³-hybridized carbons (Fsp3) is 0.350. The van der Waals surface area contributed by atoms with E-state index in [0.29, 0.717) is 6.54 Å². The molecule has 0 radical (unpaired) electrons. The van der Waals surface area contributed by atoms with Crippen molar-refractivity contribution < 1.29 is 9.53 Å². The van der Waals surface area contributed by atoms with Crippen molar-refractivity contribution >= 4 is 17.7 Å². The molecule has 0 bridgehead atoms. The number of nitrogens with one attached hydrogen (secondary N) is 2. The first-order valence-corrected chi connectivity index (χ1v) is 8.69. The summed E-state index contributed by atoms with van der Waals surface area (Å²) in [5.74, 6) is 0. The maximum atomic E-state index is 11.6. The van der Waals surface area contributed by atoms with Crippen molar-refractivity contribution in [3.8, 4) is 0 Å². The molecule has 2 rings (SSSR count). The molecule has 0 spiro atoms. The maximum Gasteiger partial charge on any atom is 0.407 e. The lowest BCUT2D eigenvalue weighted by Gasteiger charge is -2.19. The van der Waals surface area contributed by atoms with Crippen LogP contribution < -0.4 is 10.6 Å². The molecule has 0 saturated heterocycles. The first-order valence-electron chi connectivity index (χ1n) is 8.32. The van der Waals surface area contributed by atoms with Crippen molar-refractivity contribution in [2.24, 2.45) is 0 Å². The first kappa shape index (κ1) is 19.3. The number of amides is 1. The molecule has 2 N–H and O–H groups in total. The summed E-state index contributed by atoms with van der Waals surface area (Å²) in [7, 11) is 0. The predicted octanol–water partition coefficient (Wildman–Crippen LogP) is 4.65. The number of carbonyl (C=O) groups excluding carboxylic acids is 1. The van der Waals surface area contributed by atoms with Crippen LogP contribution in [0, 0.1) is 0 Å². The molecule has 0 atom stereocenters. The zero-order valence-electron chi connectivity index (χ0n) is 14.9. The Morgan fingerprint density at radius 3 is 2.16 bits per heavy atom.